The highest BCUT2D eigenvalue weighted by molar-refractivity contribution is 6.18. The molecular formula is C4H9ClN2O. The van der Waals surface area contributed by atoms with Gasteiger partial charge in [-0.15, -0.1) is 11.6 Å². The van der Waals surface area contributed by atoms with Gasteiger partial charge in [0, 0.05) is 0 Å². The van der Waals surface area contributed by atoms with Crippen molar-refractivity contribution in [2.75, 3.05) is 5.88 Å². The molecule has 1 fully saturated rings. The van der Waals surface area contributed by atoms with Crippen LogP contribution in [0.5, 0.6) is 0 Å². The molecule has 0 aromatic carbocycles. The van der Waals surface area contributed by atoms with Crippen LogP contribution in [0.3, 0.4) is 0 Å². The van der Waals surface area contributed by atoms with E-state index in [9.17, 15) is 0 Å². The fraction of sp³-hybridized carbons (Fsp3) is 1.00. The lowest BCUT2D eigenvalue weighted by atomic mass is 10.7. The van der Waals surface area contributed by atoms with Gasteiger partial charge in [0.2, 0.25) is 0 Å². The first kappa shape index (κ1) is 6.29. The van der Waals surface area contributed by atoms with Crippen LogP contribution < -0.4 is 10.9 Å². The molecule has 4 heteroatoms. The quantitative estimate of drug-likeness (QED) is 0.499. The van der Waals surface area contributed by atoms with Crippen LogP contribution in [-0.2, 0) is 4.74 Å². The van der Waals surface area contributed by atoms with Crippen molar-refractivity contribution in [3.8, 4) is 0 Å². The maximum Gasteiger partial charge on any atom is 0.136 e. The Labute approximate surface area is 53.3 Å². The fourth-order valence-corrected chi connectivity index (χ4v) is 0.750. The SMILES string of the molecule is C[C@@H]1NN[C@@H](CCl)O1. The third kappa shape index (κ3) is 1.32. The summed E-state index contributed by atoms with van der Waals surface area (Å²) in [6, 6.07) is 0. The zero-order valence-electron chi connectivity index (χ0n) is 4.65. The van der Waals surface area contributed by atoms with E-state index in [1.165, 1.54) is 0 Å². The molecule has 1 heterocycles. The first-order valence-electron chi connectivity index (χ1n) is 2.55. The fourth-order valence-electron chi connectivity index (χ4n) is 0.600. The molecule has 8 heavy (non-hydrogen) atoms. The summed E-state index contributed by atoms with van der Waals surface area (Å²) >= 11 is 5.45. The van der Waals surface area contributed by atoms with Crippen molar-refractivity contribution >= 4 is 11.6 Å². The maximum atomic E-state index is 5.45. The predicted molar refractivity (Wildman–Crippen MR) is 31.3 cm³/mol. The molecule has 0 bridgehead atoms. The summed E-state index contributed by atoms with van der Waals surface area (Å²) < 4.78 is 5.16. The molecule has 2 atom stereocenters. The molecule has 0 aromatic heterocycles. The molecule has 0 saturated carbocycles. The third-order valence-electron chi connectivity index (χ3n) is 0.956. The van der Waals surface area contributed by atoms with Gasteiger partial charge in [-0.2, -0.15) is 0 Å². The molecule has 0 amide bonds. The van der Waals surface area contributed by atoms with Gasteiger partial charge in [0.15, 0.2) is 0 Å². The van der Waals surface area contributed by atoms with E-state index in [0.29, 0.717) is 5.88 Å². The molecule has 0 aromatic rings. The van der Waals surface area contributed by atoms with Crippen LogP contribution >= 0.6 is 11.6 Å². The van der Waals surface area contributed by atoms with Crippen LogP contribution in [0.1, 0.15) is 6.92 Å². The average molecular weight is 137 g/mol. The molecule has 48 valence electrons. The van der Waals surface area contributed by atoms with Crippen LogP contribution in [0.15, 0.2) is 0 Å². The third-order valence-corrected chi connectivity index (χ3v) is 1.24. The number of ether oxygens (including phenoxy) is 1. The first-order chi connectivity index (χ1) is 3.83. The highest BCUT2D eigenvalue weighted by Gasteiger charge is 2.17. The van der Waals surface area contributed by atoms with E-state index in [4.69, 9.17) is 16.3 Å². The Morgan fingerprint density at radius 2 is 2.38 bits per heavy atom. The van der Waals surface area contributed by atoms with Gasteiger partial charge in [0.05, 0.1) is 5.88 Å². The Morgan fingerprint density at radius 1 is 1.62 bits per heavy atom. The van der Waals surface area contributed by atoms with Crippen molar-refractivity contribution in [1.82, 2.24) is 10.9 Å². The van der Waals surface area contributed by atoms with E-state index in [-0.39, 0.29) is 12.5 Å². The monoisotopic (exact) mass is 136 g/mol. The minimum Gasteiger partial charge on any atom is -0.342 e. The lowest BCUT2D eigenvalue weighted by molar-refractivity contribution is 0.0595. The van der Waals surface area contributed by atoms with Crippen molar-refractivity contribution < 1.29 is 4.74 Å². The predicted octanol–water partition coefficient (Wildman–Crippen LogP) is 0.0217. The number of hydrogen-bond donors (Lipinski definition) is 2. The molecule has 0 unspecified atom stereocenters. The molecule has 0 aliphatic carbocycles. The van der Waals surface area contributed by atoms with Crippen LogP contribution in [0.4, 0.5) is 0 Å². The van der Waals surface area contributed by atoms with E-state index < -0.39 is 0 Å². The van der Waals surface area contributed by atoms with Gasteiger partial charge in [-0.3, -0.25) is 0 Å². The largest absolute Gasteiger partial charge is 0.342 e. The molecular weight excluding hydrogens is 128 g/mol. The second-order valence-corrected chi connectivity index (χ2v) is 2.02. The van der Waals surface area contributed by atoms with E-state index >= 15 is 0 Å². The number of hydrazine groups is 1. The Hall–Kier alpha value is 0.170. The first-order valence-corrected chi connectivity index (χ1v) is 3.09. The summed E-state index contributed by atoms with van der Waals surface area (Å²) in [5.74, 6) is 0.483. The molecule has 0 radical (unpaired) electrons. The van der Waals surface area contributed by atoms with Crippen LogP contribution in [0, 0.1) is 0 Å². The number of hydrogen-bond acceptors (Lipinski definition) is 3. The van der Waals surface area contributed by atoms with Crippen molar-refractivity contribution in [2.24, 2.45) is 0 Å². The molecule has 1 saturated heterocycles. The van der Waals surface area contributed by atoms with Crippen LogP contribution in [-0.4, -0.2) is 18.3 Å². The van der Waals surface area contributed by atoms with Crippen molar-refractivity contribution in [3.63, 3.8) is 0 Å². The van der Waals surface area contributed by atoms with Gasteiger partial charge in [-0.25, -0.2) is 10.9 Å². The average Bonchev–Trinajstić information content (AvgIpc) is 2.14. The van der Waals surface area contributed by atoms with Gasteiger partial charge in [-0.05, 0) is 6.92 Å². The molecule has 3 nitrogen and oxygen atoms in total. The summed E-state index contributed by atoms with van der Waals surface area (Å²) in [5.41, 5.74) is 5.72. The molecule has 1 rings (SSSR count). The van der Waals surface area contributed by atoms with E-state index in [0.717, 1.165) is 0 Å². The van der Waals surface area contributed by atoms with E-state index in [1.54, 1.807) is 0 Å². The minimum absolute atomic E-state index is 0.0216. The highest BCUT2D eigenvalue weighted by atomic mass is 35.5. The standard InChI is InChI=1S/C4H9ClN2O/c1-3-6-7-4(2-5)8-3/h3-4,6-7H,2H2,1H3/t3-,4-/m1/s1. The van der Waals surface area contributed by atoms with Gasteiger partial charge in [0.25, 0.3) is 0 Å². The summed E-state index contributed by atoms with van der Waals surface area (Å²) in [6.45, 7) is 1.92. The smallest absolute Gasteiger partial charge is 0.136 e. The van der Waals surface area contributed by atoms with Crippen molar-refractivity contribution in [1.29, 1.82) is 0 Å². The van der Waals surface area contributed by atoms with Gasteiger partial charge in [-0.1, -0.05) is 0 Å². The number of nitrogens with one attached hydrogen (secondary N) is 2. The topological polar surface area (TPSA) is 33.3 Å². The second kappa shape index (κ2) is 2.64. The zero-order chi connectivity index (χ0) is 5.98. The Balaban J connectivity index is 2.22. The minimum atomic E-state index is -0.0216. The molecule has 2 N–H and O–H groups in total. The van der Waals surface area contributed by atoms with Crippen molar-refractivity contribution in [2.45, 2.75) is 19.4 Å². The summed E-state index contributed by atoms with van der Waals surface area (Å²) in [5, 5.41) is 0. The summed E-state index contributed by atoms with van der Waals surface area (Å²) in [4.78, 5) is 0. The van der Waals surface area contributed by atoms with Crippen LogP contribution in [0.2, 0.25) is 0 Å². The lowest BCUT2D eigenvalue weighted by Crippen LogP contribution is -2.32. The Bertz CT molecular complexity index is 80.4. The number of rotatable bonds is 1. The zero-order valence-corrected chi connectivity index (χ0v) is 5.40. The second-order valence-electron chi connectivity index (χ2n) is 1.71. The Kier molecular flexibility index (Phi) is 2.08. The van der Waals surface area contributed by atoms with Gasteiger partial charge in [0.1, 0.15) is 12.5 Å². The molecule has 1 aliphatic rings. The lowest BCUT2D eigenvalue weighted by Gasteiger charge is -2.01. The normalized spacial score (nSPS) is 38.2. The van der Waals surface area contributed by atoms with Crippen molar-refractivity contribution in [3.05, 3.63) is 0 Å². The van der Waals surface area contributed by atoms with E-state index in [1.807, 2.05) is 6.92 Å². The molecule has 1 aliphatic heterocycles. The molecule has 0 spiro atoms. The maximum absolute atomic E-state index is 5.45. The summed E-state index contributed by atoms with van der Waals surface area (Å²) in [6.07, 6.45) is 0.0606. The van der Waals surface area contributed by atoms with Gasteiger partial charge >= 0.3 is 0 Å². The van der Waals surface area contributed by atoms with Gasteiger partial charge < -0.3 is 4.74 Å². The highest BCUT2D eigenvalue weighted by Crippen LogP contribution is 1.99. The summed E-state index contributed by atoms with van der Waals surface area (Å²) in [7, 11) is 0. The number of alkyl halides is 1. The van der Waals surface area contributed by atoms with E-state index in [2.05, 4.69) is 10.9 Å². The number of halogens is 1. The van der Waals surface area contributed by atoms with Crippen LogP contribution in [0.25, 0.3) is 0 Å². The Morgan fingerprint density at radius 3 is 2.62 bits per heavy atom.